The summed E-state index contributed by atoms with van der Waals surface area (Å²) in [5.74, 6) is 0.301. The molecular formula is C16H17N5O2S. The molecule has 0 spiro atoms. The summed E-state index contributed by atoms with van der Waals surface area (Å²) in [7, 11) is -3.77. The summed E-state index contributed by atoms with van der Waals surface area (Å²) < 4.78 is 25.0. The molecule has 0 aromatic heterocycles. The van der Waals surface area contributed by atoms with Crippen LogP contribution in [0.5, 0.6) is 0 Å². The number of anilines is 1. The maximum absolute atomic E-state index is 12.5. The van der Waals surface area contributed by atoms with Crippen LogP contribution in [-0.4, -0.2) is 31.6 Å². The molecule has 2 aromatic carbocycles. The van der Waals surface area contributed by atoms with Crippen LogP contribution in [0.3, 0.4) is 0 Å². The maximum atomic E-state index is 12.5. The molecule has 0 saturated heterocycles. The molecule has 124 valence electrons. The molecule has 1 aliphatic heterocycles. The number of nitrogens with two attached hydrogens (primary N) is 1. The summed E-state index contributed by atoms with van der Waals surface area (Å²) in [6.07, 6.45) is 1.07. The second kappa shape index (κ2) is 5.97. The number of hydrogen-bond acceptors (Lipinski definition) is 7. The number of amidine groups is 1. The number of hydrogen-bond donors (Lipinski definition) is 3. The minimum absolute atomic E-state index is 0.0299. The summed E-state index contributed by atoms with van der Waals surface area (Å²) in [5.41, 5.74) is 7.12. The number of guanidine groups is 1. The van der Waals surface area contributed by atoms with E-state index in [0.717, 1.165) is 6.26 Å². The molecule has 8 heteroatoms. The van der Waals surface area contributed by atoms with E-state index in [9.17, 15) is 8.42 Å². The van der Waals surface area contributed by atoms with E-state index < -0.39 is 15.0 Å². The second-order valence-corrected chi connectivity index (χ2v) is 7.43. The van der Waals surface area contributed by atoms with E-state index in [1.165, 1.54) is 0 Å². The van der Waals surface area contributed by atoms with Gasteiger partial charge in [-0.1, -0.05) is 48.5 Å². The van der Waals surface area contributed by atoms with Crippen LogP contribution in [0.1, 0.15) is 5.56 Å². The Morgan fingerprint density at radius 1 is 1.00 bits per heavy atom. The third-order valence-electron chi connectivity index (χ3n) is 3.43. The van der Waals surface area contributed by atoms with Crippen LogP contribution in [0, 0.1) is 0 Å². The Hall–Kier alpha value is -2.87. The minimum Gasteiger partial charge on any atom is -0.370 e. The Kier molecular flexibility index (Phi) is 3.98. The molecule has 0 bridgehead atoms. The van der Waals surface area contributed by atoms with Gasteiger partial charge in [0.05, 0.1) is 0 Å². The third-order valence-corrected chi connectivity index (χ3v) is 4.75. The van der Waals surface area contributed by atoms with E-state index in [0.29, 0.717) is 17.1 Å². The fourth-order valence-electron chi connectivity index (χ4n) is 2.27. The quantitative estimate of drug-likeness (QED) is 0.771. The van der Waals surface area contributed by atoms with Gasteiger partial charge in [-0.15, -0.1) is 0 Å². The maximum Gasteiger partial charge on any atom is 0.335 e. The highest BCUT2D eigenvalue weighted by Gasteiger charge is 2.44. The van der Waals surface area contributed by atoms with Gasteiger partial charge in [0.15, 0.2) is 5.96 Å². The minimum atomic E-state index is -3.77. The van der Waals surface area contributed by atoms with E-state index >= 15 is 0 Å². The average molecular weight is 343 g/mol. The van der Waals surface area contributed by atoms with Crippen molar-refractivity contribution in [3.8, 4) is 0 Å². The van der Waals surface area contributed by atoms with Gasteiger partial charge in [0.1, 0.15) is 5.84 Å². The smallest absolute Gasteiger partial charge is 0.335 e. The molecule has 0 aliphatic carbocycles. The lowest BCUT2D eigenvalue weighted by Gasteiger charge is -2.30. The zero-order valence-corrected chi connectivity index (χ0v) is 13.8. The fraction of sp³-hybridized carbons (Fsp3) is 0.125. The van der Waals surface area contributed by atoms with Crippen molar-refractivity contribution in [2.75, 3.05) is 11.6 Å². The van der Waals surface area contributed by atoms with E-state index in [1.54, 1.807) is 36.4 Å². The molecule has 0 radical (unpaired) electrons. The van der Waals surface area contributed by atoms with Crippen LogP contribution in [0.15, 0.2) is 70.6 Å². The van der Waals surface area contributed by atoms with Gasteiger partial charge in [-0.3, -0.25) is 0 Å². The van der Waals surface area contributed by atoms with Crippen molar-refractivity contribution >= 4 is 27.3 Å². The van der Waals surface area contributed by atoms with Crippen LogP contribution < -0.4 is 16.4 Å². The summed E-state index contributed by atoms with van der Waals surface area (Å²) in [4.78, 5) is 8.39. The highest BCUT2D eigenvalue weighted by atomic mass is 32.2. The van der Waals surface area contributed by atoms with Gasteiger partial charge < -0.3 is 16.4 Å². The number of benzene rings is 2. The van der Waals surface area contributed by atoms with E-state index in [-0.39, 0.29) is 5.96 Å². The van der Waals surface area contributed by atoms with Crippen LogP contribution in [0.25, 0.3) is 0 Å². The van der Waals surface area contributed by atoms with Crippen molar-refractivity contribution in [2.45, 2.75) is 5.12 Å². The number of nitrogens with one attached hydrogen (secondary N) is 2. The standard InChI is InChI=1S/C16H17N5O2S/c1-24(22,23)16(19-13-10-6-3-7-11-13)20-14(18-15(17)21-16)12-8-4-2-5-9-12/h2-11,19H,1H3,(H3,17,18,20,21). The lowest BCUT2D eigenvalue weighted by Crippen LogP contribution is -2.53. The van der Waals surface area contributed by atoms with Crippen molar-refractivity contribution in [3.05, 3.63) is 66.2 Å². The Labute approximate surface area is 140 Å². The van der Waals surface area contributed by atoms with Gasteiger partial charge in [0.2, 0.25) is 9.84 Å². The molecule has 0 saturated carbocycles. The van der Waals surface area contributed by atoms with Gasteiger partial charge in [-0.2, -0.15) is 4.99 Å². The Morgan fingerprint density at radius 2 is 1.58 bits per heavy atom. The first-order valence-electron chi connectivity index (χ1n) is 7.20. The summed E-state index contributed by atoms with van der Waals surface area (Å²) in [5, 5.41) is 3.78. The second-order valence-electron chi connectivity index (χ2n) is 5.32. The van der Waals surface area contributed by atoms with Crippen LogP contribution in [0.4, 0.5) is 5.69 Å². The van der Waals surface area contributed by atoms with Crippen molar-refractivity contribution in [1.82, 2.24) is 5.32 Å². The first kappa shape index (κ1) is 16.0. The number of nitrogens with zero attached hydrogens (tertiary/aromatic N) is 2. The fourth-order valence-corrected chi connectivity index (χ4v) is 3.10. The van der Waals surface area contributed by atoms with Crippen molar-refractivity contribution in [3.63, 3.8) is 0 Å². The number of sulfone groups is 1. The molecule has 1 aliphatic rings. The predicted molar refractivity (Wildman–Crippen MR) is 95.4 cm³/mol. The zero-order valence-electron chi connectivity index (χ0n) is 13.0. The molecule has 4 N–H and O–H groups in total. The normalized spacial score (nSPS) is 20.5. The molecule has 2 aromatic rings. The molecular weight excluding hydrogens is 326 g/mol. The molecule has 24 heavy (non-hydrogen) atoms. The van der Waals surface area contributed by atoms with Gasteiger partial charge in [0.25, 0.3) is 0 Å². The molecule has 3 rings (SSSR count). The summed E-state index contributed by atoms with van der Waals surface area (Å²) in [6, 6.07) is 18.0. The Morgan fingerprint density at radius 3 is 2.17 bits per heavy atom. The first-order chi connectivity index (χ1) is 11.4. The topological polar surface area (TPSA) is 109 Å². The lowest BCUT2D eigenvalue weighted by molar-refractivity contribution is 0.553. The Balaban J connectivity index is 2.13. The van der Waals surface area contributed by atoms with Gasteiger partial charge in [-0.05, 0) is 12.1 Å². The van der Waals surface area contributed by atoms with E-state index in [2.05, 4.69) is 20.6 Å². The third kappa shape index (κ3) is 3.09. The largest absolute Gasteiger partial charge is 0.370 e. The summed E-state index contributed by atoms with van der Waals surface area (Å²) in [6.45, 7) is 0. The van der Waals surface area contributed by atoms with Crippen LogP contribution >= 0.6 is 0 Å². The highest BCUT2D eigenvalue weighted by molar-refractivity contribution is 7.92. The van der Waals surface area contributed by atoms with Gasteiger partial charge in [0, 0.05) is 17.5 Å². The van der Waals surface area contributed by atoms with Crippen molar-refractivity contribution < 1.29 is 8.42 Å². The van der Waals surface area contributed by atoms with Crippen molar-refractivity contribution in [1.29, 1.82) is 0 Å². The highest BCUT2D eigenvalue weighted by Crippen LogP contribution is 2.26. The van der Waals surface area contributed by atoms with Crippen LogP contribution in [0.2, 0.25) is 0 Å². The molecule has 1 atom stereocenters. The monoisotopic (exact) mass is 343 g/mol. The van der Waals surface area contributed by atoms with Gasteiger partial charge >= 0.3 is 5.12 Å². The molecule has 7 nitrogen and oxygen atoms in total. The van der Waals surface area contributed by atoms with E-state index in [1.807, 2.05) is 24.3 Å². The SMILES string of the molecule is CS(=O)(=O)C1(Nc2ccccc2)N=C(N)NC(c2ccccc2)=N1. The van der Waals surface area contributed by atoms with E-state index in [4.69, 9.17) is 5.73 Å². The Bertz CT molecular complexity index is 895. The lowest BCUT2D eigenvalue weighted by atomic mass is 10.2. The first-order valence-corrected chi connectivity index (χ1v) is 9.09. The zero-order chi connectivity index (χ0) is 17.2. The number of rotatable bonds is 4. The molecule has 0 amide bonds. The van der Waals surface area contributed by atoms with Gasteiger partial charge in [-0.25, -0.2) is 13.4 Å². The number of aliphatic imine (C=N–C) groups is 2. The summed E-state index contributed by atoms with van der Waals surface area (Å²) >= 11 is 0. The average Bonchev–Trinajstić information content (AvgIpc) is 2.55. The predicted octanol–water partition coefficient (Wildman–Crippen LogP) is 1.12. The molecule has 0 fully saturated rings. The molecule has 1 heterocycles. The van der Waals surface area contributed by atoms with Crippen LogP contribution in [-0.2, 0) is 9.84 Å². The molecule has 1 unspecified atom stereocenters. The number of para-hydroxylation sites is 1. The van der Waals surface area contributed by atoms with Crippen molar-refractivity contribution in [2.24, 2.45) is 15.7 Å².